The maximum absolute atomic E-state index is 11.4. The summed E-state index contributed by atoms with van der Waals surface area (Å²) in [6.07, 6.45) is 3.44. The highest BCUT2D eigenvalue weighted by atomic mass is 16.2. The number of likely N-dealkylation sites (tertiary alicyclic amines) is 1. The number of nitrogens with zero attached hydrogens (tertiary/aromatic N) is 1. The van der Waals surface area contributed by atoms with Crippen LogP contribution in [0.5, 0.6) is 0 Å². The van der Waals surface area contributed by atoms with Crippen LogP contribution in [0.3, 0.4) is 0 Å². The van der Waals surface area contributed by atoms with E-state index in [1.165, 1.54) is 5.56 Å². The van der Waals surface area contributed by atoms with Crippen molar-refractivity contribution in [3.8, 4) is 0 Å². The Kier molecular flexibility index (Phi) is 5.41. The lowest BCUT2D eigenvalue weighted by atomic mass is 9.90. The van der Waals surface area contributed by atoms with Crippen LogP contribution in [0, 0.1) is 5.92 Å². The summed E-state index contributed by atoms with van der Waals surface area (Å²) in [5.74, 6) is 0.564. The Morgan fingerprint density at radius 2 is 2.10 bits per heavy atom. The average Bonchev–Trinajstić information content (AvgIpc) is 2.46. The van der Waals surface area contributed by atoms with E-state index < -0.39 is 0 Å². The van der Waals surface area contributed by atoms with Crippen molar-refractivity contribution < 1.29 is 4.79 Å². The fraction of sp³-hybridized carbons (Fsp3) is 0.562. The zero-order chi connectivity index (χ0) is 14.4. The van der Waals surface area contributed by atoms with E-state index in [2.05, 4.69) is 24.4 Å². The molecule has 1 saturated heterocycles. The number of nitrogens with two attached hydrogens (primary N) is 1. The van der Waals surface area contributed by atoms with E-state index in [9.17, 15) is 4.79 Å². The van der Waals surface area contributed by atoms with Gasteiger partial charge in [0, 0.05) is 25.7 Å². The van der Waals surface area contributed by atoms with E-state index in [4.69, 9.17) is 5.73 Å². The van der Waals surface area contributed by atoms with Crippen molar-refractivity contribution in [2.45, 2.75) is 38.8 Å². The summed E-state index contributed by atoms with van der Waals surface area (Å²) in [6.45, 7) is 4.57. The highest BCUT2D eigenvalue weighted by Gasteiger charge is 2.28. The van der Waals surface area contributed by atoms with Crippen LogP contribution >= 0.6 is 0 Å². The van der Waals surface area contributed by atoms with Gasteiger partial charge in [0.05, 0.1) is 0 Å². The first kappa shape index (κ1) is 14.9. The van der Waals surface area contributed by atoms with E-state index in [0.29, 0.717) is 12.0 Å². The Bertz CT molecular complexity index is 421. The number of nitrogens with one attached hydrogen (secondary N) is 1. The number of piperidine rings is 1. The number of primary amides is 1. The predicted octanol–water partition coefficient (Wildman–Crippen LogP) is 2.35. The number of urea groups is 1. The third-order valence-electron chi connectivity index (χ3n) is 3.98. The predicted molar refractivity (Wildman–Crippen MR) is 81.2 cm³/mol. The third-order valence-corrected chi connectivity index (χ3v) is 3.98. The molecule has 1 fully saturated rings. The van der Waals surface area contributed by atoms with Crippen molar-refractivity contribution in [1.82, 2.24) is 10.2 Å². The molecule has 20 heavy (non-hydrogen) atoms. The monoisotopic (exact) mass is 275 g/mol. The average molecular weight is 275 g/mol. The first-order valence-corrected chi connectivity index (χ1v) is 7.50. The van der Waals surface area contributed by atoms with Crippen molar-refractivity contribution >= 4 is 6.03 Å². The van der Waals surface area contributed by atoms with Crippen molar-refractivity contribution in [3.05, 3.63) is 35.9 Å². The van der Waals surface area contributed by atoms with Gasteiger partial charge in [-0.15, -0.1) is 0 Å². The van der Waals surface area contributed by atoms with Crippen LogP contribution in [0.15, 0.2) is 30.3 Å². The van der Waals surface area contributed by atoms with Crippen molar-refractivity contribution in [3.63, 3.8) is 0 Å². The topological polar surface area (TPSA) is 58.4 Å². The molecule has 0 spiro atoms. The second-order valence-corrected chi connectivity index (χ2v) is 5.70. The number of hydrogen-bond donors (Lipinski definition) is 2. The van der Waals surface area contributed by atoms with Crippen LogP contribution in [0.4, 0.5) is 4.79 Å². The molecule has 4 nitrogen and oxygen atoms in total. The van der Waals surface area contributed by atoms with Gasteiger partial charge in [-0.2, -0.15) is 0 Å². The van der Waals surface area contributed by atoms with E-state index in [1.807, 2.05) is 18.2 Å². The van der Waals surface area contributed by atoms with Gasteiger partial charge in [0.1, 0.15) is 0 Å². The molecule has 2 rings (SSSR count). The van der Waals surface area contributed by atoms with Gasteiger partial charge < -0.3 is 16.0 Å². The highest BCUT2D eigenvalue weighted by molar-refractivity contribution is 5.72. The number of hydrogen-bond acceptors (Lipinski definition) is 2. The van der Waals surface area contributed by atoms with Crippen LogP contribution in [-0.4, -0.2) is 30.1 Å². The first-order valence-electron chi connectivity index (χ1n) is 7.50. The Morgan fingerprint density at radius 3 is 2.75 bits per heavy atom. The summed E-state index contributed by atoms with van der Waals surface area (Å²) in [7, 11) is 0. The minimum absolute atomic E-state index is 0.294. The molecule has 2 atom stereocenters. The second-order valence-electron chi connectivity index (χ2n) is 5.70. The molecule has 110 valence electrons. The summed E-state index contributed by atoms with van der Waals surface area (Å²) >= 11 is 0. The maximum atomic E-state index is 11.4. The van der Waals surface area contributed by atoms with E-state index in [1.54, 1.807) is 4.90 Å². The minimum Gasteiger partial charge on any atom is -0.351 e. The van der Waals surface area contributed by atoms with Crippen molar-refractivity contribution in [2.24, 2.45) is 11.7 Å². The molecular weight excluding hydrogens is 250 g/mol. The Morgan fingerprint density at radius 1 is 1.35 bits per heavy atom. The van der Waals surface area contributed by atoms with Gasteiger partial charge in [-0.1, -0.05) is 43.7 Å². The van der Waals surface area contributed by atoms with Gasteiger partial charge in [-0.3, -0.25) is 0 Å². The molecule has 3 N–H and O–H groups in total. The first-order chi connectivity index (χ1) is 9.69. The van der Waals surface area contributed by atoms with E-state index in [-0.39, 0.29) is 6.03 Å². The SMILES string of the molecule is CCCC1CC(NCc2ccccc2)CN(C(N)=O)C1. The van der Waals surface area contributed by atoms with Gasteiger partial charge in [0.25, 0.3) is 0 Å². The summed E-state index contributed by atoms with van der Waals surface area (Å²) in [6, 6.07) is 10.4. The molecule has 1 aromatic carbocycles. The molecule has 2 amide bonds. The van der Waals surface area contributed by atoms with Crippen molar-refractivity contribution in [1.29, 1.82) is 0 Å². The molecule has 0 aliphatic carbocycles. The fourth-order valence-corrected chi connectivity index (χ4v) is 3.01. The third kappa shape index (κ3) is 4.23. The number of carbonyl (C=O) groups excluding carboxylic acids is 1. The molecule has 1 aromatic rings. The smallest absolute Gasteiger partial charge is 0.314 e. The molecule has 0 aromatic heterocycles. The zero-order valence-electron chi connectivity index (χ0n) is 12.2. The molecule has 1 aliphatic rings. The molecule has 4 heteroatoms. The number of rotatable bonds is 5. The standard InChI is InChI=1S/C16H25N3O/c1-2-6-14-9-15(12-19(11-14)16(17)20)18-10-13-7-4-3-5-8-13/h3-5,7-8,14-15,18H,2,6,9-12H2,1H3,(H2,17,20). The Balaban J connectivity index is 1.90. The lowest BCUT2D eigenvalue weighted by Gasteiger charge is -2.37. The summed E-state index contributed by atoms with van der Waals surface area (Å²) in [5, 5.41) is 3.56. The second kappa shape index (κ2) is 7.29. The van der Waals surface area contributed by atoms with Crippen LogP contribution in [0.2, 0.25) is 0 Å². The largest absolute Gasteiger partial charge is 0.351 e. The number of carbonyl (C=O) groups is 1. The van der Waals surface area contributed by atoms with Gasteiger partial charge in [-0.25, -0.2) is 4.79 Å². The number of benzene rings is 1. The van der Waals surface area contributed by atoms with Gasteiger partial charge in [0.15, 0.2) is 0 Å². The van der Waals surface area contributed by atoms with E-state index in [0.717, 1.165) is 38.9 Å². The van der Waals surface area contributed by atoms with Crippen LogP contribution in [-0.2, 0) is 6.54 Å². The van der Waals surface area contributed by atoms with Crippen LogP contribution in [0.1, 0.15) is 31.7 Å². The number of amides is 2. The summed E-state index contributed by atoms with van der Waals surface area (Å²) in [4.78, 5) is 13.2. The zero-order valence-corrected chi connectivity index (χ0v) is 12.2. The molecule has 1 heterocycles. The fourth-order valence-electron chi connectivity index (χ4n) is 3.01. The Labute approximate surface area is 121 Å². The minimum atomic E-state index is -0.294. The molecular formula is C16H25N3O. The van der Waals surface area contributed by atoms with Crippen molar-refractivity contribution in [2.75, 3.05) is 13.1 Å². The Hall–Kier alpha value is -1.55. The lowest BCUT2D eigenvalue weighted by Crippen LogP contribution is -2.52. The lowest BCUT2D eigenvalue weighted by molar-refractivity contribution is 0.148. The van der Waals surface area contributed by atoms with Crippen LogP contribution in [0.25, 0.3) is 0 Å². The van der Waals surface area contributed by atoms with E-state index >= 15 is 0 Å². The van der Waals surface area contributed by atoms with Gasteiger partial charge in [-0.05, 0) is 24.3 Å². The summed E-state index contributed by atoms with van der Waals surface area (Å²) in [5.41, 5.74) is 6.73. The molecule has 2 unspecified atom stereocenters. The normalized spacial score (nSPS) is 22.8. The molecule has 1 aliphatic heterocycles. The maximum Gasteiger partial charge on any atom is 0.314 e. The molecule has 0 saturated carbocycles. The van der Waals surface area contributed by atoms with Gasteiger partial charge >= 0.3 is 6.03 Å². The van der Waals surface area contributed by atoms with Gasteiger partial charge in [0.2, 0.25) is 0 Å². The summed E-state index contributed by atoms with van der Waals surface area (Å²) < 4.78 is 0. The molecule has 0 radical (unpaired) electrons. The highest BCUT2D eigenvalue weighted by Crippen LogP contribution is 2.21. The quantitative estimate of drug-likeness (QED) is 0.866. The van der Waals surface area contributed by atoms with Crippen LogP contribution < -0.4 is 11.1 Å². The molecule has 0 bridgehead atoms.